The first-order valence-electron chi connectivity index (χ1n) is 13.3. The summed E-state index contributed by atoms with van der Waals surface area (Å²) >= 11 is 0. The number of ether oxygens (including phenoxy) is 1. The normalized spacial score (nSPS) is 25.5. The van der Waals surface area contributed by atoms with Crippen LogP contribution in [0, 0.1) is 12.7 Å². The number of carbonyl (C=O) groups is 2. The van der Waals surface area contributed by atoms with E-state index in [1.54, 1.807) is 19.9 Å². The van der Waals surface area contributed by atoms with Gasteiger partial charge in [0.2, 0.25) is 0 Å². The number of aromatic nitrogens is 2. The molecule has 9 nitrogen and oxygen atoms in total. The lowest BCUT2D eigenvalue weighted by atomic mass is 9.74. The molecule has 4 aliphatic rings. The molecule has 2 atom stereocenters. The maximum Gasteiger partial charge on any atom is 0.343 e. The monoisotopic (exact) mass is 533 g/mol. The van der Waals surface area contributed by atoms with Crippen molar-refractivity contribution in [1.82, 2.24) is 14.9 Å². The van der Waals surface area contributed by atoms with E-state index in [0.29, 0.717) is 53.7 Å². The molecule has 3 N–H and O–H groups in total. The fourth-order valence-electron chi connectivity index (χ4n) is 6.65. The summed E-state index contributed by atoms with van der Waals surface area (Å²) in [5.74, 6) is -1.64. The van der Waals surface area contributed by atoms with Gasteiger partial charge in [-0.3, -0.25) is 9.59 Å². The van der Waals surface area contributed by atoms with Crippen molar-refractivity contribution in [2.45, 2.75) is 82.8 Å². The van der Waals surface area contributed by atoms with Gasteiger partial charge in [-0.1, -0.05) is 6.92 Å². The molecular weight excluding hydrogens is 505 g/mol. The Morgan fingerprint density at radius 3 is 2.62 bits per heavy atom. The van der Waals surface area contributed by atoms with E-state index in [-0.39, 0.29) is 36.5 Å². The number of amides is 1. The highest BCUT2D eigenvalue weighted by Crippen LogP contribution is 2.48. The third-order valence-electron chi connectivity index (χ3n) is 9.27. The first kappa shape index (κ1) is 24.4. The van der Waals surface area contributed by atoms with Crippen LogP contribution < -0.4 is 10.9 Å². The molecule has 202 valence electrons. The highest BCUT2D eigenvalue weighted by molar-refractivity contribution is 5.95. The van der Waals surface area contributed by atoms with Crippen LogP contribution in [-0.4, -0.2) is 37.2 Å². The molecule has 10 heteroatoms. The third kappa shape index (κ3) is 3.07. The minimum absolute atomic E-state index is 0.0197. The Morgan fingerprint density at radius 2 is 1.92 bits per heavy atom. The smallest absolute Gasteiger partial charge is 0.343 e. The maximum atomic E-state index is 15.1. The lowest BCUT2D eigenvalue weighted by Crippen LogP contribution is -2.50. The van der Waals surface area contributed by atoms with Crippen molar-refractivity contribution < 1.29 is 28.9 Å². The van der Waals surface area contributed by atoms with Crippen molar-refractivity contribution in [3.05, 3.63) is 61.7 Å². The second kappa shape index (κ2) is 7.51. The molecule has 1 amide bonds. The average molecular weight is 534 g/mol. The zero-order valence-corrected chi connectivity index (χ0v) is 21.9. The van der Waals surface area contributed by atoms with E-state index < -0.39 is 34.2 Å². The molecule has 0 spiro atoms. The number of aliphatic hydroxyl groups is 2. The quantitative estimate of drug-likeness (QED) is 0.345. The number of pyridine rings is 2. The van der Waals surface area contributed by atoms with E-state index >= 15 is 4.39 Å². The molecule has 1 aromatic carbocycles. The largest absolute Gasteiger partial charge is 0.458 e. The third-order valence-corrected chi connectivity index (χ3v) is 9.27. The number of aryl methyl sites for hydroxylation is 1. The molecular formula is C29H28FN3O6. The van der Waals surface area contributed by atoms with Gasteiger partial charge in [-0.15, -0.1) is 0 Å². The van der Waals surface area contributed by atoms with Gasteiger partial charge in [0.1, 0.15) is 18.0 Å². The van der Waals surface area contributed by atoms with E-state index in [1.807, 2.05) is 6.92 Å². The molecule has 3 aromatic rings. The Bertz CT molecular complexity index is 1740. The van der Waals surface area contributed by atoms with Crippen molar-refractivity contribution in [3.63, 3.8) is 0 Å². The van der Waals surface area contributed by atoms with E-state index in [2.05, 4.69) is 5.32 Å². The molecule has 0 saturated heterocycles. The van der Waals surface area contributed by atoms with Crippen LogP contribution in [0.25, 0.3) is 22.3 Å². The average Bonchev–Trinajstić information content (AvgIpc) is 3.56. The number of nitrogens with zero attached hydrogens (tertiary/aromatic N) is 2. The zero-order chi connectivity index (χ0) is 27.6. The van der Waals surface area contributed by atoms with Crippen LogP contribution in [0.3, 0.4) is 0 Å². The fourth-order valence-corrected chi connectivity index (χ4v) is 6.65. The number of rotatable bonds is 3. The number of nitrogens with one attached hydrogen (secondary N) is 1. The second-order valence-electron chi connectivity index (χ2n) is 11.6. The summed E-state index contributed by atoms with van der Waals surface area (Å²) in [6.07, 6.45) is 1.79. The Morgan fingerprint density at radius 1 is 1.18 bits per heavy atom. The molecule has 0 unspecified atom stereocenters. The summed E-state index contributed by atoms with van der Waals surface area (Å²) in [5, 5.41) is 25.5. The van der Waals surface area contributed by atoms with Crippen molar-refractivity contribution in [2.24, 2.45) is 0 Å². The van der Waals surface area contributed by atoms with E-state index in [1.165, 1.54) is 10.6 Å². The van der Waals surface area contributed by atoms with Crippen molar-refractivity contribution in [3.8, 4) is 11.4 Å². The van der Waals surface area contributed by atoms with Gasteiger partial charge in [0.25, 0.3) is 11.5 Å². The zero-order valence-electron chi connectivity index (χ0n) is 21.9. The number of carbonyl (C=O) groups excluding carboxylic acids is 2. The van der Waals surface area contributed by atoms with Gasteiger partial charge in [0, 0.05) is 22.6 Å². The molecule has 2 aromatic heterocycles. The van der Waals surface area contributed by atoms with Crippen molar-refractivity contribution in [2.75, 3.05) is 0 Å². The number of hydrogen-bond acceptors (Lipinski definition) is 7. The molecule has 2 aliphatic heterocycles. The SMILES string of the molecule is CC[C@@]1(O)C(=O)OCc2c1cc1n(c2=O)Cc2c-1nc1cc(F)c(C)c3c1c2[C@](C)(NC(=O)C1(O)CC1)CC3. The lowest BCUT2D eigenvalue weighted by Gasteiger charge is -2.39. The summed E-state index contributed by atoms with van der Waals surface area (Å²) in [7, 11) is 0. The first-order valence-corrected chi connectivity index (χ1v) is 13.3. The van der Waals surface area contributed by atoms with Crippen LogP contribution in [0.2, 0.25) is 0 Å². The fraction of sp³-hybridized carbons (Fsp3) is 0.448. The number of benzene rings is 1. The Balaban J connectivity index is 1.52. The van der Waals surface area contributed by atoms with Gasteiger partial charge in [-0.2, -0.15) is 0 Å². The van der Waals surface area contributed by atoms with Crippen LogP contribution in [0.15, 0.2) is 16.9 Å². The first-order chi connectivity index (χ1) is 18.4. The Hall–Kier alpha value is -3.63. The number of halogens is 1. The Kier molecular flexibility index (Phi) is 4.70. The standard InChI is InChI=1S/C29H28FN3O6/c1-4-29(38)17-9-20-23-15(11-33(20)24(34)16(17)12-39-26(29)36)22-21-14(13(2)18(30)10-19(21)31-23)5-6-27(22,3)32-25(35)28(37)7-8-28/h9-10,37-38H,4-8,11-12H2,1-3H3,(H,32,35)/t27-,29+/m1/s1. The van der Waals surface area contributed by atoms with Crippen molar-refractivity contribution in [1.29, 1.82) is 0 Å². The topological polar surface area (TPSA) is 131 Å². The predicted octanol–water partition coefficient (Wildman–Crippen LogP) is 2.33. The Labute approximate surface area is 222 Å². The minimum atomic E-state index is -1.96. The van der Waals surface area contributed by atoms with Gasteiger partial charge in [-0.05, 0) is 68.7 Å². The summed E-state index contributed by atoms with van der Waals surface area (Å²) in [4.78, 5) is 44.1. The van der Waals surface area contributed by atoms with Crippen LogP contribution in [0.5, 0.6) is 0 Å². The highest BCUT2D eigenvalue weighted by atomic mass is 19.1. The molecule has 2 aliphatic carbocycles. The van der Waals surface area contributed by atoms with Gasteiger partial charge in [0.05, 0.1) is 34.6 Å². The molecule has 0 radical (unpaired) electrons. The van der Waals surface area contributed by atoms with E-state index in [0.717, 1.165) is 16.5 Å². The van der Waals surface area contributed by atoms with E-state index in [4.69, 9.17) is 9.72 Å². The summed E-state index contributed by atoms with van der Waals surface area (Å²) in [6.45, 7) is 5.17. The molecule has 4 heterocycles. The van der Waals surface area contributed by atoms with Crippen LogP contribution in [0.4, 0.5) is 4.39 Å². The second-order valence-corrected chi connectivity index (χ2v) is 11.6. The summed E-state index contributed by atoms with van der Waals surface area (Å²) < 4.78 is 21.8. The predicted molar refractivity (Wildman–Crippen MR) is 137 cm³/mol. The number of hydrogen-bond donors (Lipinski definition) is 3. The maximum absolute atomic E-state index is 15.1. The number of cyclic esters (lactones) is 1. The molecule has 7 rings (SSSR count). The van der Waals surface area contributed by atoms with Crippen molar-refractivity contribution >= 4 is 22.8 Å². The lowest BCUT2D eigenvalue weighted by molar-refractivity contribution is -0.172. The van der Waals surface area contributed by atoms with Crippen LogP contribution >= 0.6 is 0 Å². The van der Waals surface area contributed by atoms with Gasteiger partial charge >= 0.3 is 5.97 Å². The summed E-state index contributed by atoms with van der Waals surface area (Å²) in [5.41, 5.74) is -0.187. The number of esters is 1. The van der Waals surface area contributed by atoms with E-state index in [9.17, 15) is 24.6 Å². The van der Waals surface area contributed by atoms with Gasteiger partial charge in [-0.25, -0.2) is 14.2 Å². The van der Waals surface area contributed by atoms with Crippen LogP contribution in [0.1, 0.15) is 72.9 Å². The number of fused-ring (bicyclic) bond motifs is 5. The minimum Gasteiger partial charge on any atom is -0.458 e. The van der Waals surface area contributed by atoms with Gasteiger partial charge in [0.15, 0.2) is 5.60 Å². The van der Waals surface area contributed by atoms with Gasteiger partial charge < -0.3 is 24.8 Å². The molecule has 1 saturated carbocycles. The molecule has 1 fully saturated rings. The highest BCUT2D eigenvalue weighted by Gasteiger charge is 2.51. The molecule has 39 heavy (non-hydrogen) atoms. The van der Waals surface area contributed by atoms with Crippen LogP contribution in [-0.2, 0) is 45.0 Å². The molecule has 0 bridgehead atoms. The summed E-state index contributed by atoms with van der Waals surface area (Å²) in [6, 6.07) is 2.99.